The van der Waals surface area contributed by atoms with Gasteiger partial charge in [0.2, 0.25) is 0 Å². The lowest BCUT2D eigenvalue weighted by atomic mass is 9.89. The lowest BCUT2D eigenvalue weighted by Crippen LogP contribution is -2.29. The first-order valence-corrected chi connectivity index (χ1v) is 10.6. The van der Waals surface area contributed by atoms with E-state index in [2.05, 4.69) is 15.2 Å². The third-order valence-corrected chi connectivity index (χ3v) is 6.93. The maximum atomic E-state index is 13.7. The van der Waals surface area contributed by atoms with Gasteiger partial charge < -0.3 is 4.90 Å². The normalized spacial score (nSPS) is 23.9. The highest BCUT2D eigenvalue weighted by molar-refractivity contribution is 7.13. The van der Waals surface area contributed by atoms with Gasteiger partial charge in [-0.2, -0.15) is 5.10 Å². The van der Waals surface area contributed by atoms with Crippen molar-refractivity contribution in [2.24, 2.45) is 5.92 Å². The van der Waals surface area contributed by atoms with Gasteiger partial charge in [-0.1, -0.05) is 19.3 Å². The van der Waals surface area contributed by atoms with Crippen LogP contribution >= 0.6 is 11.3 Å². The summed E-state index contributed by atoms with van der Waals surface area (Å²) in [6, 6.07) is 0. The second-order valence-corrected chi connectivity index (χ2v) is 9.00. The molecule has 0 bridgehead atoms. The molecule has 1 saturated heterocycles. The van der Waals surface area contributed by atoms with Crippen LogP contribution in [-0.4, -0.2) is 50.7 Å². The summed E-state index contributed by atoms with van der Waals surface area (Å²) in [6.07, 6.45) is 5.99. The summed E-state index contributed by atoms with van der Waals surface area (Å²) in [5.74, 6) is 1.58. The van der Waals surface area contributed by atoms with Crippen molar-refractivity contribution < 1.29 is 9.18 Å². The van der Waals surface area contributed by atoms with Crippen LogP contribution in [0.1, 0.15) is 76.0 Å². The second-order valence-electron chi connectivity index (χ2n) is 7.79. The molecule has 2 aromatic heterocycles. The highest BCUT2D eigenvalue weighted by Crippen LogP contribution is 2.35. The Morgan fingerprint density at radius 3 is 2.67 bits per heavy atom. The minimum atomic E-state index is -0.464. The second kappa shape index (κ2) is 7.66. The van der Waals surface area contributed by atoms with Gasteiger partial charge in [-0.05, 0) is 26.7 Å². The lowest BCUT2D eigenvalue weighted by Gasteiger charge is -2.18. The monoisotopic (exact) mass is 391 g/mol. The van der Waals surface area contributed by atoms with Crippen molar-refractivity contribution in [1.82, 2.24) is 25.1 Å². The van der Waals surface area contributed by atoms with Crippen molar-refractivity contribution in [2.75, 3.05) is 19.8 Å². The quantitative estimate of drug-likeness (QED) is 0.861. The Balaban J connectivity index is 1.51. The maximum absolute atomic E-state index is 13.7. The number of aromatic nitrogens is 4. The molecule has 0 spiro atoms. The van der Waals surface area contributed by atoms with Crippen molar-refractivity contribution in [3.8, 4) is 0 Å². The number of amides is 1. The predicted molar refractivity (Wildman–Crippen MR) is 102 cm³/mol. The molecule has 2 aromatic rings. The van der Waals surface area contributed by atoms with Gasteiger partial charge in [-0.3, -0.25) is 14.3 Å². The molecule has 3 heterocycles. The van der Waals surface area contributed by atoms with Gasteiger partial charge in [0.15, 0.2) is 5.82 Å². The summed E-state index contributed by atoms with van der Waals surface area (Å²) >= 11 is 1.41. The molecular formula is C19H26FN5OS. The summed E-state index contributed by atoms with van der Waals surface area (Å²) in [5.41, 5.74) is 0.752. The summed E-state index contributed by atoms with van der Waals surface area (Å²) in [6.45, 7) is 4.17. The molecule has 0 aromatic carbocycles. The van der Waals surface area contributed by atoms with Gasteiger partial charge in [0.1, 0.15) is 10.7 Å². The number of H-pyrrole nitrogens is 1. The van der Waals surface area contributed by atoms with Crippen molar-refractivity contribution in [1.29, 1.82) is 0 Å². The van der Waals surface area contributed by atoms with E-state index in [9.17, 15) is 9.18 Å². The molecule has 146 valence electrons. The van der Waals surface area contributed by atoms with E-state index in [0.29, 0.717) is 23.9 Å². The zero-order chi connectivity index (χ0) is 19.0. The minimum absolute atomic E-state index is 0.0499. The Morgan fingerprint density at radius 1 is 1.22 bits per heavy atom. The highest BCUT2D eigenvalue weighted by Gasteiger charge is 2.39. The van der Waals surface area contributed by atoms with Crippen molar-refractivity contribution in [3.63, 3.8) is 0 Å². The average molecular weight is 392 g/mol. The molecular weight excluding hydrogens is 365 g/mol. The largest absolute Gasteiger partial charge is 0.337 e. The topological polar surface area (TPSA) is 74.8 Å². The number of nitrogens with one attached hydrogen (secondary N) is 1. The number of hydrogen-bond acceptors (Lipinski definition) is 5. The van der Waals surface area contributed by atoms with E-state index in [1.807, 2.05) is 13.8 Å². The Bertz CT molecular complexity index is 813. The number of carbonyl (C=O) groups is 1. The predicted octanol–water partition coefficient (Wildman–Crippen LogP) is 3.75. The van der Waals surface area contributed by atoms with E-state index in [0.717, 1.165) is 35.2 Å². The van der Waals surface area contributed by atoms with E-state index in [4.69, 9.17) is 4.98 Å². The Hall–Kier alpha value is -1.83. The van der Waals surface area contributed by atoms with Crippen LogP contribution in [0.3, 0.4) is 0 Å². The zero-order valence-corrected chi connectivity index (χ0v) is 16.7. The number of nitrogens with zero attached hydrogens (tertiary/aromatic N) is 4. The fourth-order valence-electron chi connectivity index (χ4n) is 4.37. The number of rotatable bonds is 4. The van der Waals surface area contributed by atoms with Crippen molar-refractivity contribution >= 4 is 17.2 Å². The van der Waals surface area contributed by atoms with Crippen LogP contribution in [0.5, 0.6) is 0 Å². The molecule has 1 saturated carbocycles. The molecule has 1 aliphatic carbocycles. The standard InChI is InChI=1S/C19H26FN5OS/c1-11-16(27-12(2)21-11)19(26)25-9-14(8-20)15(10-25)18-22-17(23-24-18)13-6-4-3-5-7-13/h13-15H,3-10H2,1-2H3,(H,22,23,24)/t14-,15-/m1/s1. The third-order valence-electron chi connectivity index (χ3n) is 5.87. The first-order chi connectivity index (χ1) is 13.1. The first-order valence-electron chi connectivity index (χ1n) is 9.78. The molecule has 27 heavy (non-hydrogen) atoms. The SMILES string of the molecule is Cc1nc(C)c(C(=O)N2C[C@@H](CF)[C@H](c3nc(C4CCCCC4)n[nH]3)C2)s1. The molecule has 2 aliphatic rings. The van der Waals surface area contributed by atoms with E-state index in [-0.39, 0.29) is 17.7 Å². The molecule has 4 rings (SSSR count). The average Bonchev–Trinajstić information content (AvgIpc) is 3.39. The van der Waals surface area contributed by atoms with Crippen LogP contribution in [0.4, 0.5) is 4.39 Å². The van der Waals surface area contributed by atoms with Gasteiger partial charge in [0.25, 0.3) is 5.91 Å². The number of carbonyl (C=O) groups excluding carboxylic acids is 1. The van der Waals surface area contributed by atoms with Crippen LogP contribution in [0.25, 0.3) is 0 Å². The number of halogens is 1. The third kappa shape index (κ3) is 3.63. The number of aromatic amines is 1. The Kier molecular flexibility index (Phi) is 5.25. The van der Waals surface area contributed by atoms with Crippen LogP contribution in [-0.2, 0) is 0 Å². The van der Waals surface area contributed by atoms with E-state index in [1.165, 1.54) is 30.6 Å². The van der Waals surface area contributed by atoms with Crippen LogP contribution in [0.15, 0.2) is 0 Å². The molecule has 1 amide bonds. The molecule has 2 fully saturated rings. The van der Waals surface area contributed by atoms with Crippen molar-refractivity contribution in [2.45, 2.75) is 57.8 Å². The van der Waals surface area contributed by atoms with Gasteiger partial charge in [0, 0.05) is 30.8 Å². The first kappa shape index (κ1) is 18.5. The molecule has 2 atom stereocenters. The summed E-state index contributed by atoms with van der Waals surface area (Å²) < 4.78 is 13.7. The van der Waals surface area contributed by atoms with Gasteiger partial charge >= 0.3 is 0 Å². The fourth-order valence-corrected chi connectivity index (χ4v) is 5.26. The van der Waals surface area contributed by atoms with E-state index in [1.54, 1.807) is 4.90 Å². The Labute approximate surface area is 162 Å². The van der Waals surface area contributed by atoms with E-state index >= 15 is 0 Å². The molecule has 0 radical (unpaired) electrons. The summed E-state index contributed by atoms with van der Waals surface area (Å²) in [4.78, 5) is 24.4. The van der Waals surface area contributed by atoms with Crippen LogP contribution < -0.4 is 0 Å². The number of hydrogen-bond donors (Lipinski definition) is 1. The summed E-state index contributed by atoms with van der Waals surface area (Å²) in [5, 5.41) is 8.35. The Morgan fingerprint density at radius 2 is 2.00 bits per heavy atom. The van der Waals surface area contributed by atoms with Crippen LogP contribution in [0, 0.1) is 19.8 Å². The van der Waals surface area contributed by atoms with Gasteiger partial charge in [-0.15, -0.1) is 11.3 Å². The highest BCUT2D eigenvalue weighted by atomic mass is 32.1. The molecule has 8 heteroatoms. The maximum Gasteiger partial charge on any atom is 0.265 e. The smallest absolute Gasteiger partial charge is 0.265 e. The number of thiazole rings is 1. The summed E-state index contributed by atoms with van der Waals surface area (Å²) in [7, 11) is 0. The van der Waals surface area contributed by atoms with Crippen molar-refractivity contribution in [3.05, 3.63) is 27.2 Å². The number of likely N-dealkylation sites (tertiary alicyclic amines) is 1. The molecule has 0 unspecified atom stereocenters. The molecule has 1 aliphatic heterocycles. The minimum Gasteiger partial charge on any atom is -0.337 e. The zero-order valence-electron chi connectivity index (χ0n) is 15.9. The lowest BCUT2D eigenvalue weighted by molar-refractivity contribution is 0.0788. The van der Waals surface area contributed by atoms with Gasteiger partial charge in [0.05, 0.1) is 17.4 Å². The molecule has 1 N–H and O–H groups in total. The fraction of sp³-hybridized carbons (Fsp3) is 0.684. The number of aryl methyl sites for hydroxylation is 2. The van der Waals surface area contributed by atoms with Gasteiger partial charge in [-0.25, -0.2) is 9.97 Å². The van der Waals surface area contributed by atoms with E-state index < -0.39 is 6.67 Å². The van der Waals surface area contributed by atoms with Crippen LogP contribution in [0.2, 0.25) is 0 Å². The number of alkyl halides is 1. The molecule has 6 nitrogen and oxygen atoms in total.